The van der Waals surface area contributed by atoms with E-state index >= 15 is 0 Å². The van der Waals surface area contributed by atoms with Crippen molar-refractivity contribution in [3.63, 3.8) is 0 Å². The van der Waals surface area contributed by atoms with Crippen molar-refractivity contribution in [1.29, 1.82) is 5.26 Å². The molecule has 0 atom stereocenters. The first-order chi connectivity index (χ1) is 23.3. The van der Waals surface area contributed by atoms with Gasteiger partial charge in [0.1, 0.15) is 23.2 Å². The molecule has 4 N–H and O–H groups in total. The molecule has 11 nitrogen and oxygen atoms in total. The Morgan fingerprint density at radius 3 is 2.60 bits per heavy atom. The second-order valence-corrected chi connectivity index (χ2v) is 11.8. The van der Waals surface area contributed by atoms with Gasteiger partial charge in [-0.3, -0.25) is 14.2 Å². The second kappa shape index (κ2) is 12.3. The SMILES string of the molecule is CC(=O)Nc1cccc(-c2ccc3nc(-c4cccnc4N)n(-c4ccc(CNC(=O)c5cc(F)cc6sc(C#N)nc56)cc4)c3n2)c1. The molecule has 0 radical (unpaired) electrons. The van der Waals surface area contributed by atoms with Gasteiger partial charge in [-0.05, 0) is 66.2 Å². The van der Waals surface area contributed by atoms with E-state index in [1.807, 2.05) is 77.4 Å². The summed E-state index contributed by atoms with van der Waals surface area (Å²) in [7, 11) is 0. The molecule has 0 aliphatic rings. The maximum absolute atomic E-state index is 14.3. The van der Waals surface area contributed by atoms with E-state index in [0.29, 0.717) is 44.5 Å². The number of nitrogens with two attached hydrogens (primary N) is 1. The highest BCUT2D eigenvalue weighted by atomic mass is 32.1. The number of nitrogen functional groups attached to an aromatic ring is 1. The Labute approximate surface area is 276 Å². The van der Waals surface area contributed by atoms with Crippen molar-refractivity contribution in [3.05, 3.63) is 113 Å². The van der Waals surface area contributed by atoms with E-state index in [0.717, 1.165) is 34.2 Å². The molecule has 0 unspecified atom stereocenters. The average Bonchev–Trinajstić information content (AvgIpc) is 3.68. The van der Waals surface area contributed by atoms with Gasteiger partial charge in [0.2, 0.25) is 5.91 Å². The van der Waals surface area contributed by atoms with Gasteiger partial charge in [-0.25, -0.2) is 24.3 Å². The molecule has 234 valence electrons. The number of carbonyl (C=O) groups is 2. The molecule has 0 aliphatic carbocycles. The van der Waals surface area contributed by atoms with E-state index in [1.54, 1.807) is 12.3 Å². The van der Waals surface area contributed by atoms with E-state index in [2.05, 4.69) is 20.6 Å². The number of amides is 2. The van der Waals surface area contributed by atoms with Gasteiger partial charge in [0.05, 0.1) is 27.0 Å². The van der Waals surface area contributed by atoms with E-state index in [-0.39, 0.29) is 28.5 Å². The fourth-order valence-electron chi connectivity index (χ4n) is 5.37. The van der Waals surface area contributed by atoms with Gasteiger partial charge in [0.25, 0.3) is 5.91 Å². The number of hydrogen-bond donors (Lipinski definition) is 3. The Morgan fingerprint density at radius 1 is 1.00 bits per heavy atom. The fourth-order valence-corrected chi connectivity index (χ4v) is 6.18. The van der Waals surface area contributed by atoms with Crippen LogP contribution in [0.4, 0.5) is 15.9 Å². The molecule has 7 aromatic rings. The third-order valence-electron chi connectivity index (χ3n) is 7.51. The maximum Gasteiger partial charge on any atom is 0.253 e. The summed E-state index contributed by atoms with van der Waals surface area (Å²) in [5, 5.41) is 15.0. The van der Waals surface area contributed by atoms with Crippen molar-refractivity contribution in [2.45, 2.75) is 13.5 Å². The van der Waals surface area contributed by atoms with Crippen LogP contribution in [-0.2, 0) is 11.3 Å². The van der Waals surface area contributed by atoms with Crippen molar-refractivity contribution in [1.82, 2.24) is 29.8 Å². The third-order valence-corrected chi connectivity index (χ3v) is 8.42. The number of nitrogens with zero attached hydrogens (tertiary/aromatic N) is 6. The molecule has 0 saturated heterocycles. The minimum Gasteiger partial charge on any atom is -0.383 e. The van der Waals surface area contributed by atoms with Crippen molar-refractivity contribution in [3.8, 4) is 34.4 Å². The Kier molecular flexibility index (Phi) is 7.76. The smallest absolute Gasteiger partial charge is 0.253 e. The van der Waals surface area contributed by atoms with Gasteiger partial charge in [-0.2, -0.15) is 5.26 Å². The number of nitriles is 1. The Morgan fingerprint density at radius 2 is 1.83 bits per heavy atom. The largest absolute Gasteiger partial charge is 0.383 e. The van der Waals surface area contributed by atoms with E-state index < -0.39 is 11.7 Å². The molecular weight excluding hydrogens is 630 g/mol. The topological polar surface area (TPSA) is 164 Å². The Balaban J connectivity index is 1.23. The van der Waals surface area contributed by atoms with Crippen LogP contribution in [0.25, 0.3) is 49.7 Å². The van der Waals surface area contributed by atoms with Crippen LogP contribution in [-0.4, -0.2) is 36.3 Å². The molecular formula is C35H24FN9O2S. The van der Waals surface area contributed by atoms with Crippen molar-refractivity contribution in [2.75, 3.05) is 11.1 Å². The molecule has 48 heavy (non-hydrogen) atoms. The number of anilines is 2. The van der Waals surface area contributed by atoms with Crippen LogP contribution in [0.1, 0.15) is 27.9 Å². The van der Waals surface area contributed by atoms with Crippen LogP contribution >= 0.6 is 11.3 Å². The number of thiazole rings is 1. The normalized spacial score (nSPS) is 11.0. The summed E-state index contributed by atoms with van der Waals surface area (Å²) in [6, 6.07) is 26.6. The lowest BCUT2D eigenvalue weighted by atomic mass is 10.1. The average molecular weight is 654 g/mol. The quantitative estimate of drug-likeness (QED) is 0.182. The van der Waals surface area contributed by atoms with Crippen LogP contribution < -0.4 is 16.4 Å². The molecule has 0 saturated carbocycles. The number of carbonyl (C=O) groups excluding carboxylic acids is 2. The Hall–Kier alpha value is -6.52. The highest BCUT2D eigenvalue weighted by Crippen LogP contribution is 2.32. The maximum atomic E-state index is 14.3. The first-order valence-corrected chi connectivity index (χ1v) is 15.4. The van der Waals surface area contributed by atoms with Gasteiger partial charge in [0.15, 0.2) is 16.5 Å². The van der Waals surface area contributed by atoms with Crippen molar-refractivity contribution < 1.29 is 14.0 Å². The minimum absolute atomic E-state index is 0.0625. The molecule has 7 rings (SSSR count). The number of rotatable bonds is 7. The molecule has 0 fully saturated rings. The molecule has 4 heterocycles. The zero-order valence-electron chi connectivity index (χ0n) is 25.2. The van der Waals surface area contributed by atoms with Crippen molar-refractivity contribution >= 4 is 56.0 Å². The van der Waals surface area contributed by atoms with Crippen molar-refractivity contribution in [2.24, 2.45) is 0 Å². The Bertz CT molecular complexity index is 2430. The summed E-state index contributed by atoms with van der Waals surface area (Å²) in [6.07, 6.45) is 1.61. The number of hydrogen-bond acceptors (Lipinski definition) is 9. The molecule has 3 aromatic carbocycles. The molecule has 2 amide bonds. The first kappa shape index (κ1) is 30.2. The summed E-state index contributed by atoms with van der Waals surface area (Å²) in [4.78, 5) is 43.0. The van der Waals surface area contributed by atoms with Gasteiger partial charge in [0, 0.05) is 36.6 Å². The van der Waals surface area contributed by atoms with Crippen LogP contribution in [0, 0.1) is 17.1 Å². The summed E-state index contributed by atoms with van der Waals surface area (Å²) < 4.78 is 16.6. The molecule has 4 aromatic heterocycles. The van der Waals surface area contributed by atoms with E-state index in [9.17, 15) is 19.2 Å². The van der Waals surface area contributed by atoms with Crippen LogP contribution in [0.15, 0.2) is 91.1 Å². The predicted octanol–water partition coefficient (Wildman–Crippen LogP) is 6.24. The zero-order chi connectivity index (χ0) is 33.4. The van der Waals surface area contributed by atoms with E-state index in [1.165, 1.54) is 13.0 Å². The van der Waals surface area contributed by atoms with Gasteiger partial charge < -0.3 is 16.4 Å². The number of fused-ring (bicyclic) bond motifs is 2. The number of imidazole rings is 1. The predicted molar refractivity (Wildman–Crippen MR) is 182 cm³/mol. The number of benzene rings is 3. The van der Waals surface area contributed by atoms with Gasteiger partial charge in [-0.1, -0.05) is 24.3 Å². The number of pyridine rings is 2. The van der Waals surface area contributed by atoms with Crippen LogP contribution in [0.3, 0.4) is 0 Å². The number of aromatic nitrogens is 5. The molecule has 0 aliphatic heterocycles. The molecule has 0 bridgehead atoms. The summed E-state index contributed by atoms with van der Waals surface area (Å²) >= 11 is 1.03. The van der Waals surface area contributed by atoms with Crippen LogP contribution in [0.5, 0.6) is 0 Å². The number of halogens is 1. The molecule has 13 heteroatoms. The summed E-state index contributed by atoms with van der Waals surface area (Å²) in [5.41, 5.74) is 12.1. The molecule has 0 spiro atoms. The summed E-state index contributed by atoms with van der Waals surface area (Å²) in [5.74, 6) is -0.406. The van der Waals surface area contributed by atoms with Gasteiger partial charge in [-0.15, -0.1) is 11.3 Å². The highest BCUT2D eigenvalue weighted by Gasteiger charge is 2.20. The standard InChI is InChI=1S/C35H24FN9O2S/c1-19(46)41-23-5-2-4-21(14-23)27-11-12-28-34(42-27)45(33(43-28)25-6-3-13-39-32(25)38)24-9-7-20(8-10-24)18-40-35(47)26-15-22(36)16-29-31(26)44-30(17-37)48-29/h2-16H,18H2,1H3,(H2,38,39)(H,40,47)(H,41,46). The zero-order valence-corrected chi connectivity index (χ0v) is 26.0. The minimum atomic E-state index is -0.583. The monoisotopic (exact) mass is 653 g/mol. The lowest BCUT2D eigenvalue weighted by molar-refractivity contribution is -0.114. The highest BCUT2D eigenvalue weighted by molar-refractivity contribution is 7.19. The summed E-state index contributed by atoms with van der Waals surface area (Å²) in [6.45, 7) is 1.61. The number of nitrogens with one attached hydrogen (secondary N) is 2. The fraction of sp³-hybridized carbons (Fsp3) is 0.0571. The third kappa shape index (κ3) is 5.79. The van der Waals surface area contributed by atoms with E-state index in [4.69, 9.17) is 15.7 Å². The van der Waals surface area contributed by atoms with Crippen LogP contribution in [0.2, 0.25) is 0 Å². The first-order valence-electron chi connectivity index (χ1n) is 14.6. The van der Waals surface area contributed by atoms with Gasteiger partial charge >= 0.3 is 0 Å². The lowest BCUT2D eigenvalue weighted by Gasteiger charge is -2.12. The lowest BCUT2D eigenvalue weighted by Crippen LogP contribution is -2.23. The second-order valence-electron chi connectivity index (χ2n) is 10.8.